The van der Waals surface area contributed by atoms with Crippen molar-refractivity contribution in [3.8, 4) is 0 Å². The van der Waals surface area contributed by atoms with Crippen LogP contribution in [0.5, 0.6) is 0 Å². The number of hydrogen-bond acceptors (Lipinski definition) is 3. The van der Waals surface area contributed by atoms with Gasteiger partial charge in [-0.2, -0.15) is 0 Å². The van der Waals surface area contributed by atoms with Crippen molar-refractivity contribution in [1.29, 1.82) is 0 Å². The summed E-state index contributed by atoms with van der Waals surface area (Å²) in [5.74, 6) is 0.101. The molecule has 0 aromatic heterocycles. The molecule has 0 saturated heterocycles. The average molecular weight is 299 g/mol. The van der Waals surface area contributed by atoms with Gasteiger partial charge >= 0.3 is 0 Å². The lowest BCUT2D eigenvalue weighted by Crippen LogP contribution is -2.26. The highest BCUT2D eigenvalue weighted by atomic mass is 32.2. The molecule has 1 aromatic carbocycles. The van der Waals surface area contributed by atoms with E-state index in [0.717, 1.165) is 5.56 Å². The Morgan fingerprint density at radius 2 is 1.80 bits per heavy atom. The van der Waals surface area contributed by atoms with E-state index in [1.165, 1.54) is 0 Å². The molecule has 0 atom stereocenters. The van der Waals surface area contributed by atoms with Gasteiger partial charge in [-0.25, -0.2) is 13.1 Å². The third-order valence-corrected chi connectivity index (χ3v) is 3.99. The number of ether oxygens (including phenoxy) is 1. The molecule has 0 radical (unpaired) electrons. The fraction of sp³-hybridized carbons (Fsp3) is 0.600. The third-order valence-electron chi connectivity index (χ3n) is 2.58. The normalized spacial score (nSPS) is 12.6. The largest absolute Gasteiger partial charge is 0.381 e. The minimum atomic E-state index is -3.23. The zero-order valence-corrected chi connectivity index (χ0v) is 13.4. The first kappa shape index (κ1) is 17.1. The summed E-state index contributed by atoms with van der Waals surface area (Å²) in [5.41, 5.74) is 1.07. The van der Waals surface area contributed by atoms with E-state index in [-0.39, 0.29) is 11.2 Å². The van der Waals surface area contributed by atoms with E-state index < -0.39 is 10.0 Å². The topological polar surface area (TPSA) is 55.4 Å². The van der Waals surface area contributed by atoms with E-state index in [1.54, 1.807) is 0 Å². The molecule has 0 unspecified atom stereocenters. The highest BCUT2D eigenvalue weighted by molar-refractivity contribution is 7.89. The number of hydrogen-bond donors (Lipinski definition) is 1. The molecule has 0 heterocycles. The lowest BCUT2D eigenvalue weighted by Gasteiger charge is -2.17. The van der Waals surface area contributed by atoms with Crippen LogP contribution in [0.4, 0.5) is 0 Å². The van der Waals surface area contributed by atoms with Crippen molar-refractivity contribution in [3.63, 3.8) is 0 Å². The Kier molecular flexibility index (Phi) is 6.65. The summed E-state index contributed by atoms with van der Waals surface area (Å²) in [6.45, 7) is 7.72. The average Bonchev–Trinajstić information content (AvgIpc) is 2.36. The highest BCUT2D eigenvalue weighted by Gasteiger charge is 2.12. The molecule has 0 fully saturated rings. The molecule has 0 spiro atoms. The fourth-order valence-corrected chi connectivity index (χ4v) is 2.62. The predicted octanol–water partition coefficient (Wildman–Crippen LogP) is 2.56. The molecule has 0 aliphatic rings. The zero-order valence-electron chi connectivity index (χ0n) is 12.6. The second-order valence-electron chi connectivity index (χ2n) is 6.09. The molecule has 1 rings (SSSR count). The van der Waals surface area contributed by atoms with Crippen molar-refractivity contribution in [3.05, 3.63) is 35.9 Å². The van der Waals surface area contributed by atoms with E-state index in [2.05, 4.69) is 25.5 Å². The van der Waals surface area contributed by atoms with Gasteiger partial charge in [0.15, 0.2) is 0 Å². The molecule has 0 saturated carbocycles. The summed E-state index contributed by atoms with van der Waals surface area (Å²) in [5, 5.41) is 0. The van der Waals surface area contributed by atoms with Crippen LogP contribution in [0, 0.1) is 5.41 Å². The molecule has 114 valence electrons. The number of sulfonamides is 1. The predicted molar refractivity (Wildman–Crippen MR) is 82.0 cm³/mol. The molecular formula is C15H25NO3S. The van der Waals surface area contributed by atoms with Gasteiger partial charge in [-0.05, 0) is 17.4 Å². The van der Waals surface area contributed by atoms with Crippen molar-refractivity contribution >= 4 is 10.0 Å². The monoisotopic (exact) mass is 299 g/mol. The van der Waals surface area contributed by atoms with E-state index in [4.69, 9.17) is 4.74 Å². The van der Waals surface area contributed by atoms with Crippen LogP contribution in [0.3, 0.4) is 0 Å². The summed E-state index contributed by atoms with van der Waals surface area (Å²) >= 11 is 0. The lowest BCUT2D eigenvalue weighted by molar-refractivity contribution is 0.0720. The first-order valence-electron chi connectivity index (χ1n) is 6.87. The van der Waals surface area contributed by atoms with Crippen molar-refractivity contribution in [2.75, 3.05) is 19.0 Å². The van der Waals surface area contributed by atoms with Crippen LogP contribution < -0.4 is 4.72 Å². The summed E-state index contributed by atoms with van der Waals surface area (Å²) in [6, 6.07) is 9.49. The van der Waals surface area contributed by atoms with Crippen molar-refractivity contribution in [1.82, 2.24) is 4.72 Å². The van der Waals surface area contributed by atoms with Gasteiger partial charge in [0.2, 0.25) is 10.0 Å². The van der Waals surface area contributed by atoms with Crippen LogP contribution in [0.2, 0.25) is 0 Å². The van der Waals surface area contributed by atoms with Crippen LogP contribution in [0.25, 0.3) is 0 Å². The van der Waals surface area contributed by atoms with Gasteiger partial charge in [0.05, 0.1) is 12.4 Å². The van der Waals surface area contributed by atoms with Gasteiger partial charge in [-0.15, -0.1) is 0 Å². The van der Waals surface area contributed by atoms with E-state index in [0.29, 0.717) is 26.2 Å². The second-order valence-corrected chi connectivity index (χ2v) is 8.02. The number of nitrogens with one attached hydrogen (secondary N) is 1. The van der Waals surface area contributed by atoms with Crippen molar-refractivity contribution in [2.45, 2.75) is 33.7 Å². The van der Waals surface area contributed by atoms with Crippen LogP contribution in [0.1, 0.15) is 32.8 Å². The maximum Gasteiger partial charge on any atom is 0.211 e. The Morgan fingerprint density at radius 3 is 2.40 bits per heavy atom. The molecule has 20 heavy (non-hydrogen) atoms. The van der Waals surface area contributed by atoms with E-state index in [1.807, 2.05) is 30.3 Å². The minimum absolute atomic E-state index is 0.101. The fourth-order valence-electron chi connectivity index (χ4n) is 1.59. The summed E-state index contributed by atoms with van der Waals surface area (Å²) in [7, 11) is -3.23. The zero-order chi connectivity index (χ0) is 15.1. The van der Waals surface area contributed by atoms with Crippen LogP contribution >= 0.6 is 0 Å². The maximum atomic E-state index is 11.8. The second kappa shape index (κ2) is 7.76. The molecule has 1 aromatic rings. The molecule has 0 amide bonds. The maximum absolute atomic E-state index is 11.8. The van der Waals surface area contributed by atoms with Crippen molar-refractivity contribution < 1.29 is 13.2 Å². The van der Waals surface area contributed by atoms with Crippen molar-refractivity contribution in [2.24, 2.45) is 5.41 Å². The number of benzene rings is 1. The summed E-state index contributed by atoms with van der Waals surface area (Å²) < 4.78 is 31.7. The summed E-state index contributed by atoms with van der Waals surface area (Å²) in [4.78, 5) is 0. The lowest BCUT2D eigenvalue weighted by atomic mass is 9.99. The third kappa shape index (κ3) is 8.30. The first-order chi connectivity index (χ1) is 9.29. The minimum Gasteiger partial charge on any atom is -0.381 e. The Hall–Kier alpha value is -0.910. The van der Waals surface area contributed by atoms with Crippen LogP contribution in [-0.2, 0) is 21.3 Å². The standard InChI is InChI=1S/C15H25NO3S/c1-15(2,3)13-19-10-7-11-20(17,18)16-12-14-8-5-4-6-9-14/h4-6,8-9,16H,7,10-13H2,1-3H3. The van der Waals surface area contributed by atoms with Gasteiger partial charge in [-0.1, -0.05) is 51.1 Å². The van der Waals surface area contributed by atoms with Crippen LogP contribution in [0.15, 0.2) is 30.3 Å². The van der Waals surface area contributed by atoms with Gasteiger partial charge in [0, 0.05) is 13.2 Å². The number of rotatable bonds is 8. The van der Waals surface area contributed by atoms with Gasteiger partial charge in [-0.3, -0.25) is 0 Å². The SMILES string of the molecule is CC(C)(C)COCCCS(=O)(=O)NCc1ccccc1. The molecule has 0 bridgehead atoms. The Balaban J connectivity index is 2.22. The molecule has 0 aliphatic carbocycles. The van der Waals surface area contributed by atoms with Gasteiger partial charge < -0.3 is 4.74 Å². The van der Waals surface area contributed by atoms with Gasteiger partial charge in [0.25, 0.3) is 0 Å². The smallest absolute Gasteiger partial charge is 0.211 e. The summed E-state index contributed by atoms with van der Waals surface area (Å²) in [6.07, 6.45) is 0.514. The molecule has 5 heteroatoms. The highest BCUT2D eigenvalue weighted by Crippen LogP contribution is 2.12. The van der Waals surface area contributed by atoms with Crippen LogP contribution in [-0.4, -0.2) is 27.4 Å². The quantitative estimate of drug-likeness (QED) is 0.751. The molecular weight excluding hydrogens is 274 g/mol. The Bertz CT molecular complexity index is 478. The Morgan fingerprint density at radius 1 is 1.15 bits per heavy atom. The molecule has 0 aliphatic heterocycles. The Labute approximate surface area is 122 Å². The van der Waals surface area contributed by atoms with Gasteiger partial charge in [0.1, 0.15) is 0 Å². The molecule has 1 N–H and O–H groups in total. The first-order valence-corrected chi connectivity index (χ1v) is 8.53. The van der Waals surface area contributed by atoms with E-state index >= 15 is 0 Å². The molecule has 4 nitrogen and oxygen atoms in total. The van der Waals surface area contributed by atoms with E-state index in [9.17, 15) is 8.42 Å².